The average Bonchev–Trinajstić information content (AvgIpc) is 2.92. The van der Waals surface area contributed by atoms with Crippen molar-refractivity contribution in [2.75, 3.05) is 19.0 Å². The second-order valence-corrected chi connectivity index (χ2v) is 5.68. The van der Waals surface area contributed by atoms with Gasteiger partial charge in [-0.25, -0.2) is 0 Å². The molecule has 108 valence electrons. The van der Waals surface area contributed by atoms with Gasteiger partial charge in [-0.05, 0) is 29.8 Å². The minimum absolute atomic E-state index is 0.301. The van der Waals surface area contributed by atoms with Crippen LogP contribution in [0.3, 0.4) is 0 Å². The second-order valence-electron chi connectivity index (χ2n) is 5.27. The number of hydrogen-bond donors (Lipinski definition) is 1. The van der Waals surface area contributed by atoms with Crippen LogP contribution in [-0.4, -0.2) is 14.1 Å². The lowest BCUT2D eigenvalue weighted by atomic mass is 10.0. The van der Waals surface area contributed by atoms with Crippen molar-refractivity contribution in [1.29, 1.82) is 0 Å². The van der Waals surface area contributed by atoms with Gasteiger partial charge in [-0.2, -0.15) is 0 Å². The van der Waals surface area contributed by atoms with Gasteiger partial charge >= 0.3 is 0 Å². The molecule has 1 unspecified atom stereocenters. The highest BCUT2D eigenvalue weighted by Gasteiger charge is 2.15. The molecule has 0 bridgehead atoms. The van der Waals surface area contributed by atoms with Gasteiger partial charge in [0.25, 0.3) is 0 Å². The van der Waals surface area contributed by atoms with Gasteiger partial charge in [0.15, 0.2) is 5.58 Å². The number of furan rings is 1. The zero-order valence-corrected chi connectivity index (χ0v) is 12.8. The quantitative estimate of drug-likeness (QED) is 0.788. The fourth-order valence-corrected chi connectivity index (χ4v) is 2.57. The van der Waals surface area contributed by atoms with Crippen LogP contribution in [0.5, 0.6) is 0 Å². The maximum atomic E-state index is 6.31. The second kappa shape index (κ2) is 5.43. The third kappa shape index (κ3) is 2.62. The van der Waals surface area contributed by atoms with Crippen LogP contribution in [0.1, 0.15) is 17.4 Å². The van der Waals surface area contributed by atoms with Gasteiger partial charge in [0.1, 0.15) is 5.76 Å². The van der Waals surface area contributed by atoms with E-state index in [0.29, 0.717) is 10.6 Å². The molecule has 21 heavy (non-hydrogen) atoms. The van der Waals surface area contributed by atoms with Crippen molar-refractivity contribution in [1.82, 2.24) is 0 Å². The molecular weight excluding hydrogens is 284 g/mol. The first-order valence-corrected chi connectivity index (χ1v) is 7.15. The Kier molecular flexibility index (Phi) is 3.62. The molecule has 0 spiro atoms. The Morgan fingerprint density at radius 1 is 1.10 bits per heavy atom. The average molecular weight is 301 g/mol. The van der Waals surface area contributed by atoms with E-state index in [0.717, 1.165) is 22.4 Å². The third-order valence-corrected chi connectivity index (χ3v) is 3.89. The van der Waals surface area contributed by atoms with Gasteiger partial charge in [-0.15, -0.1) is 0 Å². The molecule has 1 heterocycles. The van der Waals surface area contributed by atoms with Crippen LogP contribution >= 0.6 is 11.6 Å². The molecule has 0 aliphatic carbocycles. The van der Waals surface area contributed by atoms with Gasteiger partial charge in [0.05, 0.1) is 11.1 Å². The minimum atomic E-state index is -0.301. The number of hydrogen-bond acceptors (Lipinski definition) is 3. The SMILES string of the molecule is CN(C)c1ccc(C(N)c2cc3cccc(Cl)c3o2)cc1. The molecule has 0 amide bonds. The summed E-state index contributed by atoms with van der Waals surface area (Å²) in [4.78, 5) is 2.05. The van der Waals surface area contributed by atoms with Crippen molar-refractivity contribution in [3.05, 3.63) is 64.9 Å². The Hall–Kier alpha value is -1.97. The number of anilines is 1. The Labute approximate surface area is 128 Å². The summed E-state index contributed by atoms with van der Waals surface area (Å²) < 4.78 is 5.83. The fourth-order valence-electron chi connectivity index (χ4n) is 2.34. The Balaban J connectivity index is 1.96. The molecular formula is C17H17ClN2O. The molecule has 3 rings (SSSR count). The van der Waals surface area contributed by atoms with E-state index in [9.17, 15) is 0 Å². The van der Waals surface area contributed by atoms with Crippen molar-refractivity contribution in [3.63, 3.8) is 0 Å². The number of para-hydroxylation sites is 1. The molecule has 2 N–H and O–H groups in total. The highest BCUT2D eigenvalue weighted by atomic mass is 35.5. The standard InChI is InChI=1S/C17H17ClN2O/c1-20(2)13-8-6-11(7-9-13)16(19)15-10-12-4-3-5-14(18)17(12)21-15/h3-10,16H,19H2,1-2H3. The molecule has 4 heteroatoms. The number of rotatable bonds is 3. The zero-order valence-electron chi connectivity index (χ0n) is 12.0. The van der Waals surface area contributed by atoms with Crippen LogP contribution in [-0.2, 0) is 0 Å². The monoisotopic (exact) mass is 300 g/mol. The normalized spacial score (nSPS) is 12.6. The highest BCUT2D eigenvalue weighted by molar-refractivity contribution is 6.34. The summed E-state index contributed by atoms with van der Waals surface area (Å²) in [6.45, 7) is 0. The number of nitrogens with two attached hydrogens (primary N) is 1. The number of nitrogens with zero attached hydrogens (tertiary/aromatic N) is 1. The number of benzene rings is 2. The van der Waals surface area contributed by atoms with Crippen LogP contribution in [0.25, 0.3) is 11.0 Å². The van der Waals surface area contributed by atoms with Crippen LogP contribution in [0.15, 0.2) is 52.9 Å². The van der Waals surface area contributed by atoms with Crippen molar-refractivity contribution < 1.29 is 4.42 Å². The predicted molar refractivity (Wildman–Crippen MR) is 88.0 cm³/mol. The first-order chi connectivity index (χ1) is 10.1. The van der Waals surface area contributed by atoms with E-state index >= 15 is 0 Å². The molecule has 0 fully saturated rings. The topological polar surface area (TPSA) is 42.4 Å². The largest absolute Gasteiger partial charge is 0.457 e. The van der Waals surface area contributed by atoms with Crippen LogP contribution in [0.2, 0.25) is 5.02 Å². The van der Waals surface area contributed by atoms with Crippen molar-refractivity contribution in [3.8, 4) is 0 Å². The van der Waals surface area contributed by atoms with Gasteiger partial charge in [-0.1, -0.05) is 35.9 Å². The summed E-state index contributed by atoms with van der Waals surface area (Å²) in [7, 11) is 4.02. The Bertz CT molecular complexity index is 762. The van der Waals surface area contributed by atoms with Crippen LogP contribution < -0.4 is 10.6 Å². The number of halogens is 1. The van der Waals surface area contributed by atoms with E-state index in [4.69, 9.17) is 21.8 Å². The van der Waals surface area contributed by atoms with Gasteiger partial charge in [-0.3, -0.25) is 0 Å². The van der Waals surface area contributed by atoms with Gasteiger partial charge in [0, 0.05) is 25.2 Å². The van der Waals surface area contributed by atoms with E-state index in [1.54, 1.807) is 0 Å². The predicted octanol–water partition coefficient (Wildman–Crippen LogP) is 4.20. The van der Waals surface area contributed by atoms with E-state index in [1.165, 1.54) is 0 Å². The van der Waals surface area contributed by atoms with Gasteiger partial charge in [0.2, 0.25) is 0 Å². The molecule has 3 nitrogen and oxygen atoms in total. The molecule has 1 atom stereocenters. The lowest BCUT2D eigenvalue weighted by Gasteiger charge is -2.14. The maximum absolute atomic E-state index is 6.31. The molecule has 0 radical (unpaired) electrons. The molecule has 1 aromatic heterocycles. The highest BCUT2D eigenvalue weighted by Crippen LogP contribution is 2.31. The van der Waals surface area contributed by atoms with Crippen LogP contribution in [0.4, 0.5) is 5.69 Å². The lowest BCUT2D eigenvalue weighted by Crippen LogP contribution is -2.12. The zero-order chi connectivity index (χ0) is 15.0. The van der Waals surface area contributed by atoms with Crippen LogP contribution in [0, 0.1) is 0 Å². The third-order valence-electron chi connectivity index (χ3n) is 3.59. The summed E-state index contributed by atoms with van der Waals surface area (Å²) in [6, 6.07) is 15.5. The first kappa shape index (κ1) is 14.0. The van der Waals surface area contributed by atoms with Crippen molar-refractivity contribution >= 4 is 28.3 Å². The van der Waals surface area contributed by atoms with Gasteiger partial charge < -0.3 is 15.1 Å². The molecule has 0 saturated heterocycles. The van der Waals surface area contributed by atoms with E-state index in [1.807, 2.05) is 62.6 Å². The molecule has 0 saturated carbocycles. The lowest BCUT2D eigenvalue weighted by molar-refractivity contribution is 0.525. The molecule has 0 aliphatic rings. The maximum Gasteiger partial charge on any atom is 0.152 e. The minimum Gasteiger partial charge on any atom is -0.457 e. The summed E-state index contributed by atoms with van der Waals surface area (Å²) in [5.41, 5.74) is 9.14. The van der Waals surface area contributed by atoms with E-state index < -0.39 is 0 Å². The first-order valence-electron chi connectivity index (χ1n) is 6.77. The summed E-state index contributed by atoms with van der Waals surface area (Å²) >= 11 is 6.14. The summed E-state index contributed by atoms with van der Waals surface area (Å²) in [6.07, 6.45) is 0. The Morgan fingerprint density at radius 2 is 1.81 bits per heavy atom. The molecule has 0 aliphatic heterocycles. The molecule has 3 aromatic rings. The van der Waals surface area contributed by atoms with E-state index in [2.05, 4.69) is 4.90 Å². The van der Waals surface area contributed by atoms with Crippen molar-refractivity contribution in [2.45, 2.75) is 6.04 Å². The molecule has 2 aromatic carbocycles. The van der Waals surface area contributed by atoms with Crippen molar-refractivity contribution in [2.24, 2.45) is 5.73 Å². The van der Waals surface area contributed by atoms with E-state index in [-0.39, 0.29) is 6.04 Å². The number of fused-ring (bicyclic) bond motifs is 1. The summed E-state index contributed by atoms with van der Waals surface area (Å²) in [5, 5.41) is 1.58. The summed E-state index contributed by atoms with van der Waals surface area (Å²) in [5.74, 6) is 0.718. The smallest absolute Gasteiger partial charge is 0.152 e. The fraction of sp³-hybridized carbons (Fsp3) is 0.176. The Morgan fingerprint density at radius 3 is 2.43 bits per heavy atom.